The van der Waals surface area contributed by atoms with Gasteiger partial charge in [-0.05, 0) is 5.56 Å². The summed E-state index contributed by atoms with van der Waals surface area (Å²) in [6.07, 6.45) is 0. The van der Waals surface area contributed by atoms with Crippen molar-refractivity contribution in [3.05, 3.63) is 35.9 Å². The van der Waals surface area contributed by atoms with Gasteiger partial charge in [0, 0.05) is 31.6 Å². The van der Waals surface area contributed by atoms with Gasteiger partial charge in [-0.2, -0.15) is 11.8 Å². The molecule has 1 amide bonds. The minimum Gasteiger partial charge on any atom is -0.480 e. The molecule has 1 aromatic rings. The summed E-state index contributed by atoms with van der Waals surface area (Å²) in [5.74, 6) is 0.848. The third kappa shape index (κ3) is 4.22. The zero-order valence-electron chi connectivity index (χ0n) is 12.1. The molecule has 1 unspecified atom stereocenters. The first-order valence-electron chi connectivity index (χ1n) is 6.93. The number of thioether (sulfide) groups is 1. The highest BCUT2D eigenvalue weighted by Crippen LogP contribution is 2.25. The number of carbonyl (C=O) groups excluding carboxylic acids is 1. The van der Waals surface area contributed by atoms with E-state index in [1.54, 1.807) is 7.05 Å². The van der Waals surface area contributed by atoms with Gasteiger partial charge in [-0.25, -0.2) is 0 Å². The smallest absolute Gasteiger partial charge is 0.323 e. The van der Waals surface area contributed by atoms with E-state index >= 15 is 0 Å². The molecule has 0 radical (unpaired) electrons. The van der Waals surface area contributed by atoms with Crippen LogP contribution in [0.3, 0.4) is 0 Å². The van der Waals surface area contributed by atoms with Crippen LogP contribution < -0.4 is 0 Å². The van der Waals surface area contributed by atoms with Crippen LogP contribution in [0, 0.1) is 0 Å². The molecule has 0 spiro atoms. The van der Waals surface area contributed by atoms with E-state index in [4.69, 9.17) is 5.11 Å². The molecule has 1 aliphatic heterocycles. The third-order valence-corrected chi connectivity index (χ3v) is 4.45. The molecular weight excluding hydrogens is 288 g/mol. The highest BCUT2D eigenvalue weighted by atomic mass is 32.2. The quantitative estimate of drug-likeness (QED) is 0.889. The second-order valence-corrected chi connectivity index (χ2v) is 6.27. The van der Waals surface area contributed by atoms with Crippen LogP contribution in [-0.4, -0.2) is 65.0 Å². The number of nitrogens with zero attached hydrogens (tertiary/aromatic N) is 2. The molecule has 1 aromatic carbocycles. The lowest BCUT2D eigenvalue weighted by Gasteiger charge is -2.35. The Morgan fingerprint density at radius 1 is 1.29 bits per heavy atom. The summed E-state index contributed by atoms with van der Waals surface area (Å²) in [5.41, 5.74) is 0.923. The molecule has 114 valence electrons. The van der Waals surface area contributed by atoms with E-state index in [1.807, 2.05) is 42.1 Å². The minimum absolute atomic E-state index is 0.157. The second kappa shape index (κ2) is 7.47. The minimum atomic E-state index is -0.994. The van der Waals surface area contributed by atoms with Gasteiger partial charge in [-0.15, -0.1) is 0 Å². The molecule has 1 N–H and O–H groups in total. The maximum absolute atomic E-state index is 12.7. The fraction of sp³-hybridized carbons (Fsp3) is 0.467. The monoisotopic (exact) mass is 308 g/mol. The SMILES string of the molecule is CN(CC(=O)O)C(=O)C(c1ccccc1)N1CCSCC1. The molecule has 0 aromatic heterocycles. The summed E-state index contributed by atoms with van der Waals surface area (Å²) in [6, 6.07) is 9.20. The van der Waals surface area contributed by atoms with Crippen molar-refractivity contribution in [2.24, 2.45) is 0 Å². The molecule has 1 aliphatic rings. The van der Waals surface area contributed by atoms with Crippen LogP contribution in [0.1, 0.15) is 11.6 Å². The van der Waals surface area contributed by atoms with Crippen molar-refractivity contribution >= 4 is 23.6 Å². The topological polar surface area (TPSA) is 60.9 Å². The molecular formula is C15H20N2O3S. The molecule has 21 heavy (non-hydrogen) atoms. The number of benzene rings is 1. The molecule has 2 rings (SSSR count). The van der Waals surface area contributed by atoms with Gasteiger partial charge in [-0.3, -0.25) is 14.5 Å². The van der Waals surface area contributed by atoms with Gasteiger partial charge in [0.05, 0.1) is 0 Å². The van der Waals surface area contributed by atoms with Crippen molar-refractivity contribution in [1.29, 1.82) is 0 Å². The molecule has 1 heterocycles. The van der Waals surface area contributed by atoms with E-state index in [0.29, 0.717) is 0 Å². The number of rotatable bonds is 5. The summed E-state index contributed by atoms with van der Waals surface area (Å²) in [4.78, 5) is 27.0. The summed E-state index contributed by atoms with van der Waals surface area (Å²) >= 11 is 1.88. The molecule has 0 aliphatic carbocycles. The Hall–Kier alpha value is -1.53. The van der Waals surface area contributed by atoms with E-state index in [-0.39, 0.29) is 12.5 Å². The molecule has 1 saturated heterocycles. The van der Waals surface area contributed by atoms with Crippen LogP contribution in [-0.2, 0) is 9.59 Å². The number of hydrogen-bond acceptors (Lipinski definition) is 4. The maximum atomic E-state index is 12.7. The van der Waals surface area contributed by atoms with Crippen molar-refractivity contribution in [1.82, 2.24) is 9.80 Å². The van der Waals surface area contributed by atoms with Crippen LogP contribution in [0.2, 0.25) is 0 Å². The van der Waals surface area contributed by atoms with E-state index in [1.165, 1.54) is 4.90 Å². The zero-order chi connectivity index (χ0) is 15.2. The van der Waals surface area contributed by atoms with Crippen LogP contribution >= 0.6 is 11.8 Å². The van der Waals surface area contributed by atoms with E-state index in [0.717, 1.165) is 30.2 Å². The Kier molecular flexibility index (Phi) is 5.64. The Morgan fingerprint density at radius 3 is 2.48 bits per heavy atom. The van der Waals surface area contributed by atoms with Crippen molar-refractivity contribution in [3.63, 3.8) is 0 Å². The predicted octanol–water partition coefficient (Wildman–Crippen LogP) is 1.32. The highest BCUT2D eigenvalue weighted by molar-refractivity contribution is 7.99. The van der Waals surface area contributed by atoms with Gasteiger partial charge >= 0.3 is 5.97 Å². The summed E-state index contributed by atoms with van der Waals surface area (Å²) < 4.78 is 0. The summed E-state index contributed by atoms with van der Waals surface area (Å²) in [7, 11) is 1.55. The van der Waals surface area contributed by atoms with Crippen LogP contribution in [0.4, 0.5) is 0 Å². The van der Waals surface area contributed by atoms with Gasteiger partial charge in [0.15, 0.2) is 0 Å². The molecule has 6 heteroatoms. The van der Waals surface area contributed by atoms with Gasteiger partial charge in [0.25, 0.3) is 0 Å². The number of carbonyl (C=O) groups is 2. The first-order valence-corrected chi connectivity index (χ1v) is 8.08. The lowest BCUT2D eigenvalue weighted by Crippen LogP contribution is -2.45. The largest absolute Gasteiger partial charge is 0.480 e. The Balaban J connectivity index is 2.22. The molecule has 1 atom stereocenters. The highest BCUT2D eigenvalue weighted by Gasteiger charge is 2.31. The van der Waals surface area contributed by atoms with Crippen molar-refractivity contribution in [2.75, 3.05) is 38.2 Å². The average molecular weight is 308 g/mol. The molecule has 5 nitrogen and oxygen atoms in total. The van der Waals surface area contributed by atoms with Gasteiger partial charge in [-0.1, -0.05) is 30.3 Å². The number of amides is 1. The van der Waals surface area contributed by atoms with E-state index in [2.05, 4.69) is 4.90 Å². The fourth-order valence-electron chi connectivity index (χ4n) is 2.47. The number of aliphatic carboxylic acids is 1. The Bertz CT molecular complexity index is 489. The molecule has 0 saturated carbocycles. The van der Waals surface area contributed by atoms with Crippen molar-refractivity contribution in [2.45, 2.75) is 6.04 Å². The number of carboxylic acid groups (broad SMARTS) is 1. The maximum Gasteiger partial charge on any atom is 0.323 e. The normalized spacial score (nSPS) is 17.2. The van der Waals surface area contributed by atoms with Crippen LogP contribution in [0.5, 0.6) is 0 Å². The first-order chi connectivity index (χ1) is 10.1. The summed E-state index contributed by atoms with van der Waals surface area (Å²) in [5, 5.41) is 8.88. The van der Waals surface area contributed by atoms with Gasteiger partial charge in [0.1, 0.15) is 12.6 Å². The standard InChI is InChI=1S/C15H20N2O3S/c1-16(11-13(18)19)15(20)14(12-5-3-2-4-6-12)17-7-9-21-10-8-17/h2-6,14H,7-11H2,1H3,(H,18,19). The number of hydrogen-bond donors (Lipinski definition) is 1. The first kappa shape index (κ1) is 15.9. The van der Waals surface area contributed by atoms with Crippen LogP contribution in [0.15, 0.2) is 30.3 Å². The van der Waals surface area contributed by atoms with Gasteiger partial charge < -0.3 is 10.0 Å². The lowest BCUT2D eigenvalue weighted by molar-refractivity contribution is -0.146. The van der Waals surface area contributed by atoms with Crippen molar-refractivity contribution in [3.8, 4) is 0 Å². The zero-order valence-corrected chi connectivity index (χ0v) is 12.9. The number of likely N-dealkylation sites (N-methyl/N-ethyl adjacent to an activating group) is 1. The average Bonchev–Trinajstić information content (AvgIpc) is 2.49. The Morgan fingerprint density at radius 2 is 1.90 bits per heavy atom. The predicted molar refractivity (Wildman–Crippen MR) is 83.4 cm³/mol. The molecule has 0 bridgehead atoms. The van der Waals surface area contributed by atoms with E-state index < -0.39 is 12.0 Å². The van der Waals surface area contributed by atoms with E-state index in [9.17, 15) is 9.59 Å². The fourth-order valence-corrected chi connectivity index (χ4v) is 3.40. The van der Waals surface area contributed by atoms with Crippen LogP contribution in [0.25, 0.3) is 0 Å². The lowest BCUT2D eigenvalue weighted by atomic mass is 10.0. The second-order valence-electron chi connectivity index (χ2n) is 5.05. The van der Waals surface area contributed by atoms with Gasteiger partial charge in [0.2, 0.25) is 5.91 Å². The Labute approximate surface area is 128 Å². The summed E-state index contributed by atoms with van der Waals surface area (Å²) in [6.45, 7) is 1.42. The van der Waals surface area contributed by atoms with Crippen molar-refractivity contribution < 1.29 is 14.7 Å². The number of carboxylic acids is 1. The third-order valence-electron chi connectivity index (χ3n) is 3.51. The molecule has 1 fully saturated rings.